The Bertz CT molecular complexity index is 398. The third-order valence-electron chi connectivity index (χ3n) is 2.35. The highest BCUT2D eigenvalue weighted by molar-refractivity contribution is 5.91. The highest BCUT2D eigenvalue weighted by atomic mass is 16.5. The molecule has 0 saturated carbocycles. The number of ether oxygens (including phenoxy) is 2. The lowest BCUT2D eigenvalue weighted by atomic mass is 10.2. The average Bonchev–Trinajstić information content (AvgIpc) is 2.37. The smallest absolute Gasteiger partial charge is 0.244 e. The van der Waals surface area contributed by atoms with Gasteiger partial charge in [-0.05, 0) is 30.7 Å². The molecular formula is C14H19NO3. The second-order valence-corrected chi connectivity index (χ2v) is 3.97. The van der Waals surface area contributed by atoms with Crippen molar-refractivity contribution in [2.45, 2.75) is 13.0 Å². The van der Waals surface area contributed by atoms with Crippen LogP contribution in [-0.2, 0) is 9.53 Å². The molecule has 1 amide bonds. The van der Waals surface area contributed by atoms with Crippen LogP contribution in [0.3, 0.4) is 0 Å². The zero-order valence-electron chi connectivity index (χ0n) is 11.0. The number of carbonyl (C=O) groups excluding carboxylic acids is 1. The number of benzene rings is 1. The molecule has 1 N–H and O–H groups in total. The molecule has 0 saturated heterocycles. The first-order valence-electron chi connectivity index (χ1n) is 5.77. The number of hydrogen-bond acceptors (Lipinski definition) is 3. The first kappa shape index (κ1) is 14.3. The molecule has 1 unspecified atom stereocenters. The van der Waals surface area contributed by atoms with E-state index in [1.807, 2.05) is 31.2 Å². The Morgan fingerprint density at radius 1 is 1.33 bits per heavy atom. The van der Waals surface area contributed by atoms with Crippen LogP contribution in [0.4, 0.5) is 0 Å². The summed E-state index contributed by atoms with van der Waals surface area (Å²) in [4.78, 5) is 11.5. The molecule has 4 heteroatoms. The van der Waals surface area contributed by atoms with Gasteiger partial charge < -0.3 is 14.8 Å². The van der Waals surface area contributed by atoms with E-state index in [0.717, 1.165) is 11.3 Å². The van der Waals surface area contributed by atoms with E-state index in [4.69, 9.17) is 9.47 Å². The maximum atomic E-state index is 11.5. The van der Waals surface area contributed by atoms with Crippen LogP contribution >= 0.6 is 0 Å². The quantitative estimate of drug-likeness (QED) is 0.783. The lowest BCUT2D eigenvalue weighted by molar-refractivity contribution is -0.117. The number of hydrogen-bond donors (Lipinski definition) is 1. The summed E-state index contributed by atoms with van der Waals surface area (Å²) in [6.07, 6.45) is 3.27. The number of amides is 1. The van der Waals surface area contributed by atoms with E-state index in [1.165, 1.54) is 6.08 Å². The van der Waals surface area contributed by atoms with Crippen molar-refractivity contribution in [2.75, 3.05) is 20.8 Å². The monoisotopic (exact) mass is 249 g/mol. The van der Waals surface area contributed by atoms with E-state index < -0.39 is 0 Å². The molecule has 4 nitrogen and oxygen atoms in total. The molecule has 0 heterocycles. The van der Waals surface area contributed by atoms with E-state index >= 15 is 0 Å². The summed E-state index contributed by atoms with van der Waals surface area (Å²) in [5.74, 6) is 0.667. The van der Waals surface area contributed by atoms with Gasteiger partial charge in [0.1, 0.15) is 5.75 Å². The van der Waals surface area contributed by atoms with Gasteiger partial charge in [0.2, 0.25) is 5.91 Å². The van der Waals surface area contributed by atoms with Gasteiger partial charge >= 0.3 is 0 Å². The first-order valence-corrected chi connectivity index (χ1v) is 5.77. The minimum absolute atomic E-state index is 0.00279. The summed E-state index contributed by atoms with van der Waals surface area (Å²) in [7, 11) is 3.23. The first-order chi connectivity index (χ1) is 8.65. The van der Waals surface area contributed by atoms with Gasteiger partial charge in [-0.25, -0.2) is 0 Å². The average molecular weight is 249 g/mol. The number of carbonyl (C=O) groups is 1. The summed E-state index contributed by atoms with van der Waals surface area (Å²) in [5.41, 5.74) is 0.949. The molecule has 18 heavy (non-hydrogen) atoms. The minimum atomic E-state index is -0.129. The highest BCUT2D eigenvalue weighted by Crippen LogP contribution is 2.12. The summed E-state index contributed by atoms with van der Waals surface area (Å²) in [6, 6.07) is 7.49. The third-order valence-corrected chi connectivity index (χ3v) is 2.35. The van der Waals surface area contributed by atoms with Crippen LogP contribution in [0.5, 0.6) is 5.75 Å². The lowest BCUT2D eigenvalue weighted by Gasteiger charge is -2.10. The number of rotatable bonds is 6. The molecular weight excluding hydrogens is 230 g/mol. The van der Waals surface area contributed by atoms with Crippen LogP contribution in [0, 0.1) is 0 Å². The number of nitrogens with one attached hydrogen (secondary N) is 1. The van der Waals surface area contributed by atoms with E-state index in [2.05, 4.69) is 5.32 Å². The summed E-state index contributed by atoms with van der Waals surface area (Å²) >= 11 is 0. The van der Waals surface area contributed by atoms with Crippen LogP contribution < -0.4 is 10.1 Å². The van der Waals surface area contributed by atoms with Gasteiger partial charge in [-0.1, -0.05) is 12.1 Å². The van der Waals surface area contributed by atoms with Crippen LogP contribution in [0.1, 0.15) is 12.5 Å². The molecule has 0 spiro atoms. The van der Waals surface area contributed by atoms with Crippen LogP contribution in [0.15, 0.2) is 30.3 Å². The minimum Gasteiger partial charge on any atom is -0.497 e. The van der Waals surface area contributed by atoms with Crippen molar-refractivity contribution >= 4 is 12.0 Å². The molecule has 0 aliphatic rings. The van der Waals surface area contributed by atoms with Gasteiger partial charge in [0.15, 0.2) is 0 Å². The Balaban J connectivity index is 2.49. The van der Waals surface area contributed by atoms with Gasteiger partial charge in [-0.3, -0.25) is 4.79 Å². The van der Waals surface area contributed by atoms with Gasteiger partial charge in [0, 0.05) is 19.2 Å². The fraction of sp³-hybridized carbons (Fsp3) is 0.357. The second-order valence-electron chi connectivity index (χ2n) is 3.97. The maximum absolute atomic E-state index is 11.5. The summed E-state index contributed by atoms with van der Waals surface area (Å²) in [6.45, 7) is 2.39. The standard InChI is InChI=1S/C14H19NO3/c1-11(10-17-2)15-14(16)9-6-12-4-7-13(18-3)8-5-12/h4-9,11H,10H2,1-3H3,(H,15,16). The fourth-order valence-electron chi connectivity index (χ4n) is 1.47. The zero-order valence-corrected chi connectivity index (χ0v) is 11.0. The predicted molar refractivity (Wildman–Crippen MR) is 71.5 cm³/mol. The summed E-state index contributed by atoms with van der Waals surface area (Å²) < 4.78 is 10.00. The van der Waals surface area contributed by atoms with E-state index in [-0.39, 0.29) is 11.9 Å². The molecule has 0 bridgehead atoms. The molecule has 1 aromatic carbocycles. The van der Waals surface area contributed by atoms with Crippen molar-refractivity contribution in [1.82, 2.24) is 5.32 Å². The van der Waals surface area contributed by atoms with E-state index in [1.54, 1.807) is 20.3 Å². The van der Waals surface area contributed by atoms with Crippen LogP contribution in [-0.4, -0.2) is 32.8 Å². The fourth-order valence-corrected chi connectivity index (χ4v) is 1.47. The van der Waals surface area contributed by atoms with Gasteiger partial charge in [0.05, 0.1) is 13.7 Å². The molecule has 0 aliphatic heterocycles. The second kappa shape index (κ2) is 7.50. The third kappa shape index (κ3) is 5.01. The van der Waals surface area contributed by atoms with E-state index in [9.17, 15) is 4.79 Å². The highest BCUT2D eigenvalue weighted by Gasteiger charge is 2.03. The maximum Gasteiger partial charge on any atom is 0.244 e. The Kier molecular flexibility index (Phi) is 5.94. The van der Waals surface area contributed by atoms with Gasteiger partial charge in [0.25, 0.3) is 0 Å². The van der Waals surface area contributed by atoms with Crippen molar-refractivity contribution in [3.63, 3.8) is 0 Å². The SMILES string of the molecule is COCC(C)NC(=O)C=Cc1ccc(OC)cc1. The van der Waals surface area contributed by atoms with Crippen LogP contribution in [0.25, 0.3) is 6.08 Å². The molecule has 0 radical (unpaired) electrons. The van der Waals surface area contributed by atoms with Crippen molar-refractivity contribution in [3.05, 3.63) is 35.9 Å². The van der Waals surface area contributed by atoms with Gasteiger partial charge in [-0.2, -0.15) is 0 Å². The van der Waals surface area contributed by atoms with E-state index in [0.29, 0.717) is 6.61 Å². The molecule has 0 fully saturated rings. The topological polar surface area (TPSA) is 47.6 Å². The zero-order chi connectivity index (χ0) is 13.4. The molecule has 1 rings (SSSR count). The normalized spacial score (nSPS) is 12.4. The lowest BCUT2D eigenvalue weighted by Crippen LogP contribution is -2.34. The largest absolute Gasteiger partial charge is 0.497 e. The Labute approximate surface area is 108 Å². The number of methoxy groups -OCH3 is 2. The predicted octanol–water partition coefficient (Wildman–Crippen LogP) is 1.86. The van der Waals surface area contributed by atoms with Crippen molar-refractivity contribution in [2.24, 2.45) is 0 Å². The molecule has 98 valence electrons. The van der Waals surface area contributed by atoms with Crippen molar-refractivity contribution in [1.29, 1.82) is 0 Å². The van der Waals surface area contributed by atoms with Crippen molar-refractivity contribution in [3.8, 4) is 5.75 Å². The Morgan fingerprint density at radius 2 is 2.00 bits per heavy atom. The Hall–Kier alpha value is -1.81. The molecule has 0 aliphatic carbocycles. The van der Waals surface area contributed by atoms with Gasteiger partial charge in [-0.15, -0.1) is 0 Å². The Morgan fingerprint density at radius 3 is 2.56 bits per heavy atom. The molecule has 0 aromatic heterocycles. The molecule has 1 atom stereocenters. The van der Waals surface area contributed by atoms with Crippen molar-refractivity contribution < 1.29 is 14.3 Å². The molecule has 1 aromatic rings. The summed E-state index contributed by atoms with van der Waals surface area (Å²) in [5, 5.41) is 2.80. The van der Waals surface area contributed by atoms with Crippen LogP contribution in [0.2, 0.25) is 0 Å².